The molecule has 68 valence electrons. The van der Waals surface area contributed by atoms with Crippen molar-refractivity contribution in [3.63, 3.8) is 0 Å². The lowest BCUT2D eigenvalue weighted by atomic mass is 10.0. The third kappa shape index (κ3) is 2.17. The van der Waals surface area contributed by atoms with Crippen molar-refractivity contribution >= 4 is 11.8 Å². The normalized spacial score (nSPS) is 9.38. The Labute approximate surface area is 77.3 Å². The highest BCUT2D eigenvalue weighted by molar-refractivity contribution is 5.52. The van der Waals surface area contributed by atoms with Crippen molar-refractivity contribution in [2.24, 2.45) is 4.99 Å². The number of isocyanates is 1. The van der Waals surface area contributed by atoms with Crippen molar-refractivity contribution < 1.29 is 4.79 Å². The van der Waals surface area contributed by atoms with E-state index in [4.69, 9.17) is 5.73 Å². The van der Waals surface area contributed by atoms with Crippen LogP contribution in [0.25, 0.3) is 0 Å². The molecule has 0 amide bonds. The van der Waals surface area contributed by atoms with E-state index in [-0.39, 0.29) is 0 Å². The van der Waals surface area contributed by atoms with Gasteiger partial charge in [-0.05, 0) is 36.6 Å². The van der Waals surface area contributed by atoms with E-state index in [0.717, 1.165) is 22.4 Å². The lowest BCUT2D eigenvalue weighted by Crippen LogP contribution is -1.95. The zero-order valence-electron chi connectivity index (χ0n) is 7.79. The maximum atomic E-state index is 9.89. The summed E-state index contributed by atoms with van der Waals surface area (Å²) in [6.07, 6.45) is 1.50. The van der Waals surface area contributed by atoms with Gasteiger partial charge < -0.3 is 5.73 Å². The van der Waals surface area contributed by atoms with E-state index in [9.17, 15) is 4.79 Å². The number of rotatable bonds is 2. The number of hydrogen-bond acceptors (Lipinski definition) is 3. The summed E-state index contributed by atoms with van der Waals surface area (Å²) in [7, 11) is 0. The molecule has 1 rings (SSSR count). The summed E-state index contributed by atoms with van der Waals surface area (Å²) < 4.78 is 0. The molecule has 0 unspecified atom stereocenters. The van der Waals surface area contributed by atoms with Gasteiger partial charge in [0, 0.05) is 5.69 Å². The lowest BCUT2D eigenvalue weighted by molar-refractivity contribution is 0.563. The molecule has 13 heavy (non-hydrogen) atoms. The minimum Gasteiger partial charge on any atom is -0.398 e. The number of carbonyl (C=O) groups excluding carboxylic acids is 1. The van der Waals surface area contributed by atoms with E-state index in [1.54, 1.807) is 0 Å². The minimum absolute atomic E-state index is 0.356. The molecule has 0 bridgehead atoms. The van der Waals surface area contributed by atoms with E-state index in [2.05, 4.69) is 4.99 Å². The van der Waals surface area contributed by atoms with Crippen molar-refractivity contribution in [3.05, 3.63) is 28.8 Å². The van der Waals surface area contributed by atoms with Crippen molar-refractivity contribution in [1.82, 2.24) is 0 Å². The third-order valence-corrected chi connectivity index (χ3v) is 2.09. The maximum absolute atomic E-state index is 9.89. The van der Waals surface area contributed by atoms with E-state index >= 15 is 0 Å². The Morgan fingerprint density at radius 2 is 2.15 bits per heavy atom. The molecular formula is C10H12N2O. The Hall–Kier alpha value is -1.60. The molecule has 0 aromatic heterocycles. The van der Waals surface area contributed by atoms with Crippen LogP contribution in [-0.4, -0.2) is 6.08 Å². The van der Waals surface area contributed by atoms with Gasteiger partial charge in [-0.3, -0.25) is 0 Å². The average Bonchev–Trinajstić information content (AvgIpc) is 2.10. The molecule has 0 saturated carbocycles. The smallest absolute Gasteiger partial charge is 0.235 e. The Morgan fingerprint density at radius 1 is 1.46 bits per heavy atom. The lowest BCUT2D eigenvalue weighted by Gasteiger charge is -2.06. The molecule has 0 fully saturated rings. The summed E-state index contributed by atoms with van der Waals surface area (Å²) in [4.78, 5) is 13.4. The number of anilines is 1. The van der Waals surface area contributed by atoms with Gasteiger partial charge in [0.25, 0.3) is 0 Å². The molecule has 0 aliphatic carbocycles. The van der Waals surface area contributed by atoms with Gasteiger partial charge in [-0.15, -0.1) is 0 Å². The number of nitrogens with two attached hydrogens (primary N) is 1. The van der Waals surface area contributed by atoms with Crippen molar-refractivity contribution in [1.29, 1.82) is 0 Å². The summed E-state index contributed by atoms with van der Waals surface area (Å²) in [5.74, 6) is 0. The fourth-order valence-corrected chi connectivity index (χ4v) is 1.18. The van der Waals surface area contributed by atoms with Crippen LogP contribution in [0.4, 0.5) is 5.69 Å². The fourth-order valence-electron chi connectivity index (χ4n) is 1.18. The van der Waals surface area contributed by atoms with Crippen molar-refractivity contribution in [2.75, 3.05) is 5.73 Å². The highest BCUT2D eigenvalue weighted by Gasteiger charge is 2.00. The first-order chi connectivity index (χ1) is 6.15. The summed E-state index contributed by atoms with van der Waals surface area (Å²) in [5, 5.41) is 0. The summed E-state index contributed by atoms with van der Waals surface area (Å²) in [5.41, 5.74) is 9.65. The molecule has 0 heterocycles. The maximum Gasteiger partial charge on any atom is 0.235 e. The Kier molecular flexibility index (Phi) is 2.83. The minimum atomic E-state index is 0.356. The van der Waals surface area contributed by atoms with E-state index in [0.29, 0.717) is 6.54 Å². The zero-order valence-corrected chi connectivity index (χ0v) is 7.79. The van der Waals surface area contributed by atoms with Crippen molar-refractivity contribution in [3.8, 4) is 0 Å². The Balaban J connectivity index is 3.05. The van der Waals surface area contributed by atoms with Crippen LogP contribution in [0.2, 0.25) is 0 Å². The average molecular weight is 176 g/mol. The molecule has 0 aliphatic heterocycles. The fraction of sp³-hybridized carbons (Fsp3) is 0.300. The van der Waals surface area contributed by atoms with E-state index in [1.165, 1.54) is 6.08 Å². The van der Waals surface area contributed by atoms with E-state index in [1.807, 2.05) is 26.0 Å². The Bertz CT molecular complexity index is 342. The van der Waals surface area contributed by atoms with Gasteiger partial charge in [0.15, 0.2) is 0 Å². The second-order valence-corrected chi connectivity index (χ2v) is 3.03. The largest absolute Gasteiger partial charge is 0.398 e. The number of aryl methyl sites for hydroxylation is 1. The predicted octanol–water partition coefficient (Wildman–Crippen LogP) is 1.72. The zero-order chi connectivity index (χ0) is 9.84. The molecule has 0 aliphatic rings. The number of nitrogens with zero attached hydrogens (tertiary/aromatic N) is 1. The van der Waals surface area contributed by atoms with Gasteiger partial charge >= 0.3 is 0 Å². The Morgan fingerprint density at radius 3 is 2.69 bits per heavy atom. The third-order valence-electron chi connectivity index (χ3n) is 2.09. The second-order valence-electron chi connectivity index (χ2n) is 3.03. The SMILES string of the molecule is Cc1cc(CN=C=O)cc(N)c1C. The van der Waals surface area contributed by atoms with Gasteiger partial charge in [-0.2, -0.15) is 0 Å². The molecule has 0 spiro atoms. The van der Waals surface area contributed by atoms with Gasteiger partial charge in [-0.1, -0.05) is 6.07 Å². The van der Waals surface area contributed by atoms with Crippen LogP contribution in [0.15, 0.2) is 17.1 Å². The first kappa shape index (κ1) is 9.49. The van der Waals surface area contributed by atoms with Crippen LogP contribution in [0.1, 0.15) is 16.7 Å². The molecule has 3 heteroatoms. The van der Waals surface area contributed by atoms with Gasteiger partial charge in [0.2, 0.25) is 6.08 Å². The number of aliphatic imine (C=N–C) groups is 1. The molecule has 0 atom stereocenters. The molecule has 3 nitrogen and oxygen atoms in total. The summed E-state index contributed by atoms with van der Waals surface area (Å²) in [6, 6.07) is 3.82. The first-order valence-corrected chi connectivity index (χ1v) is 4.04. The van der Waals surface area contributed by atoms with Crippen LogP contribution in [0, 0.1) is 13.8 Å². The molecule has 1 aromatic rings. The number of benzene rings is 1. The van der Waals surface area contributed by atoms with Crippen LogP contribution >= 0.6 is 0 Å². The first-order valence-electron chi connectivity index (χ1n) is 4.04. The standard InChI is InChI=1S/C10H12N2O/c1-7-3-9(5-12-6-13)4-10(11)8(7)2/h3-4H,5,11H2,1-2H3. The highest BCUT2D eigenvalue weighted by Crippen LogP contribution is 2.18. The molecule has 0 saturated heterocycles. The predicted molar refractivity (Wildman–Crippen MR) is 52.2 cm³/mol. The number of nitrogen functional groups attached to an aromatic ring is 1. The highest BCUT2D eigenvalue weighted by atomic mass is 16.1. The second kappa shape index (κ2) is 3.87. The van der Waals surface area contributed by atoms with E-state index < -0.39 is 0 Å². The molecule has 2 N–H and O–H groups in total. The van der Waals surface area contributed by atoms with Gasteiger partial charge in [0.1, 0.15) is 0 Å². The molecule has 0 radical (unpaired) electrons. The summed E-state index contributed by atoms with van der Waals surface area (Å²) in [6.45, 7) is 4.31. The summed E-state index contributed by atoms with van der Waals surface area (Å²) >= 11 is 0. The topological polar surface area (TPSA) is 55.5 Å². The molecular weight excluding hydrogens is 164 g/mol. The quantitative estimate of drug-likeness (QED) is 0.423. The van der Waals surface area contributed by atoms with Crippen LogP contribution in [-0.2, 0) is 11.3 Å². The van der Waals surface area contributed by atoms with Gasteiger partial charge in [0.05, 0.1) is 6.54 Å². The monoisotopic (exact) mass is 176 g/mol. The van der Waals surface area contributed by atoms with Crippen LogP contribution < -0.4 is 5.73 Å². The van der Waals surface area contributed by atoms with Gasteiger partial charge in [-0.25, -0.2) is 9.79 Å². The molecule has 1 aromatic carbocycles. The van der Waals surface area contributed by atoms with Crippen molar-refractivity contribution in [2.45, 2.75) is 20.4 Å². The number of hydrogen-bond donors (Lipinski definition) is 1. The van der Waals surface area contributed by atoms with Crippen LogP contribution in [0.3, 0.4) is 0 Å². The van der Waals surface area contributed by atoms with Crippen LogP contribution in [0.5, 0.6) is 0 Å².